The summed E-state index contributed by atoms with van der Waals surface area (Å²) >= 11 is 10.4. The summed E-state index contributed by atoms with van der Waals surface area (Å²) in [5.41, 5.74) is 0.878. The molecule has 1 aromatic heterocycles. The number of rotatable bonds is 3. The highest BCUT2D eigenvalue weighted by Crippen LogP contribution is 2.32. The van der Waals surface area contributed by atoms with Crippen molar-refractivity contribution in [2.75, 3.05) is 7.05 Å². The average Bonchev–Trinajstić information content (AvgIpc) is 2.65. The Bertz CT molecular complexity index is 516. The molecule has 1 aromatic carbocycles. The number of nitrogens with one attached hydrogen (secondary N) is 1. The summed E-state index contributed by atoms with van der Waals surface area (Å²) in [5, 5.41) is 14.7. The van der Waals surface area contributed by atoms with E-state index in [2.05, 4.69) is 68.6 Å². The van der Waals surface area contributed by atoms with E-state index in [9.17, 15) is 0 Å². The zero-order valence-corrected chi connectivity index (χ0v) is 13.5. The van der Waals surface area contributed by atoms with Gasteiger partial charge in [0.2, 0.25) is 0 Å². The number of benzene rings is 1. The van der Waals surface area contributed by atoms with Crippen LogP contribution < -0.4 is 5.32 Å². The lowest BCUT2D eigenvalue weighted by molar-refractivity contribution is 0.706. The fourth-order valence-corrected chi connectivity index (χ4v) is 3.98. The van der Waals surface area contributed by atoms with Crippen LogP contribution in [-0.2, 0) is 6.54 Å². The van der Waals surface area contributed by atoms with E-state index in [0.29, 0.717) is 6.54 Å². The summed E-state index contributed by atoms with van der Waals surface area (Å²) in [5.74, 6) is 0.747. The summed E-state index contributed by atoms with van der Waals surface area (Å²) < 4.78 is 4.48. The average molecular weight is 426 g/mol. The lowest BCUT2D eigenvalue weighted by atomic mass is 10.3. The van der Waals surface area contributed by atoms with E-state index < -0.39 is 0 Å². The lowest BCUT2D eigenvalue weighted by Gasteiger charge is -2.09. The van der Waals surface area contributed by atoms with E-state index in [1.54, 1.807) is 4.68 Å². The number of hydrogen-bond acceptors (Lipinski definition) is 4. The maximum absolute atomic E-state index is 4.00. The normalized spacial score (nSPS) is 10.8. The Hall–Kier alpha value is -0.310. The van der Waals surface area contributed by atoms with Crippen LogP contribution in [0.3, 0.4) is 0 Å². The highest BCUT2D eigenvalue weighted by atomic mass is 79.9. The molecule has 5 nitrogen and oxygen atoms in total. The van der Waals surface area contributed by atoms with Crippen molar-refractivity contribution in [2.45, 2.75) is 6.54 Å². The fourth-order valence-electron chi connectivity index (χ4n) is 1.38. The molecule has 2 aromatic rings. The molecule has 2 rings (SSSR count). The summed E-state index contributed by atoms with van der Waals surface area (Å²) in [7, 11) is 1.85. The molecule has 17 heavy (non-hydrogen) atoms. The minimum Gasteiger partial charge on any atom is -0.313 e. The molecular formula is C9H8Br3N5. The monoisotopic (exact) mass is 423 g/mol. The smallest absolute Gasteiger partial charge is 0.170 e. The highest BCUT2D eigenvalue weighted by Gasteiger charge is 2.14. The molecule has 90 valence electrons. The molecule has 0 aliphatic rings. The van der Waals surface area contributed by atoms with Gasteiger partial charge >= 0.3 is 0 Å². The van der Waals surface area contributed by atoms with Crippen molar-refractivity contribution < 1.29 is 0 Å². The van der Waals surface area contributed by atoms with E-state index in [4.69, 9.17) is 0 Å². The van der Waals surface area contributed by atoms with E-state index >= 15 is 0 Å². The quantitative estimate of drug-likeness (QED) is 0.821. The largest absolute Gasteiger partial charge is 0.313 e. The number of hydrogen-bond donors (Lipinski definition) is 1. The molecule has 0 atom stereocenters. The second kappa shape index (κ2) is 5.55. The molecule has 0 fully saturated rings. The predicted molar refractivity (Wildman–Crippen MR) is 75.0 cm³/mol. The maximum Gasteiger partial charge on any atom is 0.170 e. The van der Waals surface area contributed by atoms with Crippen molar-refractivity contribution >= 4 is 47.8 Å². The van der Waals surface area contributed by atoms with E-state index in [1.807, 2.05) is 19.2 Å². The van der Waals surface area contributed by atoms with Crippen LogP contribution in [0.2, 0.25) is 0 Å². The molecule has 1 N–H and O–H groups in total. The van der Waals surface area contributed by atoms with E-state index in [1.165, 1.54) is 0 Å². The van der Waals surface area contributed by atoms with Gasteiger partial charge in [-0.05, 0) is 61.5 Å². The first kappa shape index (κ1) is 13.1. The minimum absolute atomic E-state index is 0.599. The third-order valence-corrected chi connectivity index (χ3v) is 3.73. The molecule has 1 heterocycles. The standard InChI is InChI=1S/C9H8Br3N5/c1-13-4-8-14-15-16-17(8)9-6(11)2-5(10)3-7(9)12/h2-3,13H,4H2,1H3. The third-order valence-electron chi connectivity index (χ3n) is 2.06. The SMILES string of the molecule is CNCc1nnnn1-c1c(Br)cc(Br)cc1Br. The Morgan fingerprint density at radius 1 is 1.24 bits per heavy atom. The molecule has 0 unspecified atom stereocenters. The molecule has 0 spiro atoms. The van der Waals surface area contributed by atoms with Crippen LogP contribution in [0.4, 0.5) is 0 Å². The van der Waals surface area contributed by atoms with Crippen molar-refractivity contribution in [2.24, 2.45) is 0 Å². The number of aromatic nitrogens is 4. The Morgan fingerprint density at radius 3 is 2.47 bits per heavy atom. The molecule has 0 radical (unpaired) electrons. The first-order valence-corrected chi connectivity index (χ1v) is 7.08. The summed E-state index contributed by atoms with van der Waals surface area (Å²) in [4.78, 5) is 0. The molecule has 0 aliphatic heterocycles. The highest BCUT2D eigenvalue weighted by molar-refractivity contribution is 9.11. The van der Waals surface area contributed by atoms with Gasteiger partial charge in [0.1, 0.15) is 0 Å². The zero-order chi connectivity index (χ0) is 12.4. The van der Waals surface area contributed by atoms with Crippen LogP contribution in [0.15, 0.2) is 25.6 Å². The summed E-state index contributed by atoms with van der Waals surface area (Å²) in [6.45, 7) is 0.599. The Kier molecular flexibility index (Phi) is 4.29. The fraction of sp³-hybridized carbons (Fsp3) is 0.222. The predicted octanol–water partition coefficient (Wildman–Crippen LogP) is 2.67. The maximum atomic E-state index is 4.00. The van der Waals surface area contributed by atoms with Gasteiger partial charge < -0.3 is 5.32 Å². The second-order valence-corrected chi connectivity index (χ2v) is 5.88. The van der Waals surface area contributed by atoms with Crippen LogP contribution in [-0.4, -0.2) is 27.3 Å². The number of tetrazole rings is 1. The van der Waals surface area contributed by atoms with Crippen LogP contribution in [0, 0.1) is 0 Å². The van der Waals surface area contributed by atoms with Gasteiger partial charge in [0.25, 0.3) is 0 Å². The Balaban J connectivity index is 2.56. The summed E-state index contributed by atoms with van der Waals surface area (Å²) in [6.07, 6.45) is 0. The van der Waals surface area contributed by atoms with Gasteiger partial charge in [0.05, 0.1) is 12.2 Å². The van der Waals surface area contributed by atoms with Crippen LogP contribution in [0.5, 0.6) is 0 Å². The van der Waals surface area contributed by atoms with E-state index in [0.717, 1.165) is 24.9 Å². The Morgan fingerprint density at radius 2 is 1.88 bits per heavy atom. The Labute approximate surface area is 123 Å². The first-order chi connectivity index (χ1) is 8.13. The second-order valence-electron chi connectivity index (χ2n) is 3.26. The van der Waals surface area contributed by atoms with Crippen LogP contribution in [0.25, 0.3) is 5.69 Å². The van der Waals surface area contributed by atoms with Crippen molar-refractivity contribution in [3.63, 3.8) is 0 Å². The van der Waals surface area contributed by atoms with Crippen molar-refractivity contribution in [3.05, 3.63) is 31.4 Å². The molecule has 8 heteroatoms. The molecule has 0 saturated carbocycles. The number of halogens is 3. The van der Waals surface area contributed by atoms with Crippen molar-refractivity contribution in [1.29, 1.82) is 0 Å². The number of nitrogens with zero attached hydrogens (tertiary/aromatic N) is 4. The van der Waals surface area contributed by atoms with Crippen LogP contribution in [0.1, 0.15) is 5.82 Å². The van der Waals surface area contributed by atoms with Gasteiger partial charge in [-0.25, -0.2) is 0 Å². The van der Waals surface area contributed by atoms with Gasteiger partial charge in [0, 0.05) is 13.4 Å². The third kappa shape index (κ3) is 2.75. The van der Waals surface area contributed by atoms with Gasteiger partial charge in [-0.15, -0.1) is 5.10 Å². The topological polar surface area (TPSA) is 55.6 Å². The molecular weight excluding hydrogens is 418 g/mol. The molecule has 0 aliphatic carbocycles. The lowest BCUT2D eigenvalue weighted by Crippen LogP contribution is -2.12. The van der Waals surface area contributed by atoms with Crippen molar-refractivity contribution in [3.8, 4) is 5.69 Å². The molecule has 0 saturated heterocycles. The van der Waals surface area contributed by atoms with Gasteiger partial charge in [-0.1, -0.05) is 15.9 Å². The van der Waals surface area contributed by atoms with Gasteiger partial charge in [-0.3, -0.25) is 0 Å². The van der Waals surface area contributed by atoms with Crippen molar-refractivity contribution in [1.82, 2.24) is 25.5 Å². The van der Waals surface area contributed by atoms with E-state index in [-0.39, 0.29) is 0 Å². The zero-order valence-electron chi connectivity index (χ0n) is 8.78. The van der Waals surface area contributed by atoms with Crippen LogP contribution >= 0.6 is 47.8 Å². The molecule has 0 amide bonds. The summed E-state index contributed by atoms with van der Waals surface area (Å²) in [6, 6.07) is 3.90. The minimum atomic E-state index is 0.599. The first-order valence-electron chi connectivity index (χ1n) is 4.70. The van der Waals surface area contributed by atoms with Gasteiger partial charge in [0.15, 0.2) is 5.82 Å². The van der Waals surface area contributed by atoms with Gasteiger partial charge in [-0.2, -0.15) is 4.68 Å². The molecule has 0 bridgehead atoms.